The second-order valence-electron chi connectivity index (χ2n) is 5.32. The molecule has 0 atom stereocenters. The minimum Gasteiger partial charge on any atom is -0.353 e. The topological polar surface area (TPSA) is 79.8 Å². The van der Waals surface area contributed by atoms with Gasteiger partial charge < -0.3 is 10.3 Å². The zero-order chi connectivity index (χ0) is 17.3. The summed E-state index contributed by atoms with van der Waals surface area (Å²) in [6.45, 7) is 1.85. The molecule has 124 valence electrons. The number of aromatic nitrogens is 3. The lowest BCUT2D eigenvalue weighted by molar-refractivity contribution is -0.113. The molecule has 0 bridgehead atoms. The van der Waals surface area contributed by atoms with Gasteiger partial charge in [0, 0.05) is 18.4 Å². The van der Waals surface area contributed by atoms with Gasteiger partial charge in [0.2, 0.25) is 5.91 Å². The SMILES string of the molecule is Cc1cc2nc(SCC(=O)Nc3cccc(F)c3)n(C)c(=O)c2[nH]1. The van der Waals surface area contributed by atoms with Crippen molar-refractivity contribution in [1.82, 2.24) is 14.5 Å². The molecular formula is C16H15FN4O2S. The summed E-state index contributed by atoms with van der Waals surface area (Å²) in [5, 5.41) is 3.05. The number of fused-ring (bicyclic) bond motifs is 1. The Morgan fingerprint density at radius 2 is 2.21 bits per heavy atom. The first-order valence-corrected chi connectivity index (χ1v) is 8.17. The zero-order valence-electron chi connectivity index (χ0n) is 13.1. The summed E-state index contributed by atoms with van der Waals surface area (Å²) in [5.41, 5.74) is 2.06. The summed E-state index contributed by atoms with van der Waals surface area (Å²) in [4.78, 5) is 31.6. The number of nitrogens with one attached hydrogen (secondary N) is 2. The van der Waals surface area contributed by atoms with Gasteiger partial charge in [0.1, 0.15) is 11.3 Å². The van der Waals surface area contributed by atoms with Gasteiger partial charge in [-0.05, 0) is 31.2 Å². The number of halogens is 1. The molecule has 0 fully saturated rings. The predicted molar refractivity (Wildman–Crippen MR) is 91.8 cm³/mol. The molecule has 24 heavy (non-hydrogen) atoms. The Bertz CT molecular complexity index is 980. The molecule has 0 spiro atoms. The van der Waals surface area contributed by atoms with Gasteiger partial charge in [-0.2, -0.15) is 0 Å². The monoisotopic (exact) mass is 346 g/mol. The maximum absolute atomic E-state index is 13.1. The molecule has 6 nitrogen and oxygen atoms in total. The highest BCUT2D eigenvalue weighted by atomic mass is 32.2. The molecule has 8 heteroatoms. The Morgan fingerprint density at radius 3 is 2.96 bits per heavy atom. The fourth-order valence-electron chi connectivity index (χ4n) is 2.28. The molecule has 0 radical (unpaired) electrons. The highest BCUT2D eigenvalue weighted by Crippen LogP contribution is 2.18. The molecule has 0 saturated carbocycles. The fraction of sp³-hybridized carbons (Fsp3) is 0.188. The average Bonchev–Trinajstić information content (AvgIpc) is 2.90. The molecule has 2 N–H and O–H groups in total. The van der Waals surface area contributed by atoms with E-state index < -0.39 is 5.82 Å². The molecule has 0 aliphatic carbocycles. The lowest BCUT2D eigenvalue weighted by atomic mass is 10.3. The van der Waals surface area contributed by atoms with Gasteiger partial charge >= 0.3 is 0 Å². The van der Waals surface area contributed by atoms with Gasteiger partial charge in [-0.15, -0.1) is 0 Å². The number of H-pyrrole nitrogens is 1. The summed E-state index contributed by atoms with van der Waals surface area (Å²) in [7, 11) is 1.61. The van der Waals surface area contributed by atoms with E-state index in [0.29, 0.717) is 21.9 Å². The zero-order valence-corrected chi connectivity index (χ0v) is 13.9. The molecule has 1 aromatic carbocycles. The second kappa shape index (κ2) is 6.48. The van der Waals surface area contributed by atoms with Crippen molar-refractivity contribution in [2.24, 2.45) is 7.05 Å². The van der Waals surface area contributed by atoms with Crippen LogP contribution in [0, 0.1) is 12.7 Å². The Balaban J connectivity index is 1.74. The third kappa shape index (κ3) is 3.33. The van der Waals surface area contributed by atoms with Crippen LogP contribution in [0.1, 0.15) is 5.69 Å². The fourth-order valence-corrected chi connectivity index (χ4v) is 3.05. The number of anilines is 1. The molecule has 2 heterocycles. The minimum absolute atomic E-state index is 0.0612. The van der Waals surface area contributed by atoms with Crippen molar-refractivity contribution in [2.75, 3.05) is 11.1 Å². The Labute approximate surface area is 141 Å². The summed E-state index contributed by atoms with van der Waals surface area (Å²) in [6, 6.07) is 7.46. The van der Waals surface area contributed by atoms with Gasteiger partial charge in [0.25, 0.3) is 5.56 Å². The van der Waals surface area contributed by atoms with Gasteiger partial charge in [-0.25, -0.2) is 9.37 Å². The number of carbonyl (C=O) groups excluding carboxylic acids is 1. The standard InChI is InChI=1S/C16H15FN4O2S/c1-9-6-12-14(18-9)15(23)21(2)16(20-12)24-8-13(22)19-11-5-3-4-10(17)7-11/h3-7,18H,8H2,1-2H3,(H,19,22). The van der Waals surface area contributed by atoms with Gasteiger partial charge in [0.05, 0.1) is 11.3 Å². The van der Waals surface area contributed by atoms with E-state index in [1.165, 1.54) is 22.8 Å². The molecule has 3 rings (SSSR count). The lowest BCUT2D eigenvalue weighted by Crippen LogP contribution is -2.21. The number of amides is 1. The molecule has 0 aliphatic rings. The van der Waals surface area contributed by atoms with Crippen LogP contribution in [0.15, 0.2) is 40.3 Å². The van der Waals surface area contributed by atoms with Crippen LogP contribution in [-0.4, -0.2) is 26.2 Å². The Morgan fingerprint density at radius 1 is 1.42 bits per heavy atom. The van der Waals surface area contributed by atoms with Crippen LogP contribution < -0.4 is 10.9 Å². The molecular weight excluding hydrogens is 331 g/mol. The average molecular weight is 346 g/mol. The highest BCUT2D eigenvalue weighted by molar-refractivity contribution is 7.99. The van der Waals surface area contributed by atoms with Crippen molar-refractivity contribution < 1.29 is 9.18 Å². The second-order valence-corrected chi connectivity index (χ2v) is 6.26. The third-order valence-electron chi connectivity index (χ3n) is 3.39. The maximum atomic E-state index is 13.1. The van der Waals surface area contributed by atoms with Crippen molar-refractivity contribution in [3.05, 3.63) is 52.2 Å². The number of carbonyl (C=O) groups is 1. The molecule has 0 aliphatic heterocycles. The van der Waals surface area contributed by atoms with E-state index in [9.17, 15) is 14.0 Å². The Kier molecular flexibility index (Phi) is 4.39. The van der Waals surface area contributed by atoms with Crippen LogP contribution in [-0.2, 0) is 11.8 Å². The van der Waals surface area contributed by atoms with Crippen molar-refractivity contribution in [3.8, 4) is 0 Å². The molecule has 3 aromatic rings. The van der Waals surface area contributed by atoms with E-state index in [-0.39, 0.29) is 17.2 Å². The summed E-state index contributed by atoms with van der Waals surface area (Å²) in [5.74, 6) is -0.658. The first-order valence-electron chi connectivity index (χ1n) is 7.18. The van der Waals surface area contributed by atoms with Crippen LogP contribution in [0.2, 0.25) is 0 Å². The van der Waals surface area contributed by atoms with Crippen molar-refractivity contribution in [3.63, 3.8) is 0 Å². The van der Waals surface area contributed by atoms with E-state index in [2.05, 4.69) is 15.3 Å². The highest BCUT2D eigenvalue weighted by Gasteiger charge is 2.12. The van der Waals surface area contributed by atoms with E-state index in [1.54, 1.807) is 19.2 Å². The number of hydrogen-bond donors (Lipinski definition) is 2. The number of hydrogen-bond acceptors (Lipinski definition) is 4. The quantitative estimate of drug-likeness (QED) is 0.562. The molecule has 1 amide bonds. The van der Waals surface area contributed by atoms with Crippen LogP contribution in [0.4, 0.5) is 10.1 Å². The van der Waals surface area contributed by atoms with Gasteiger partial charge in [0.15, 0.2) is 5.16 Å². The number of nitrogens with zero attached hydrogens (tertiary/aromatic N) is 2. The smallest absolute Gasteiger partial charge is 0.278 e. The van der Waals surface area contributed by atoms with E-state index in [0.717, 1.165) is 17.5 Å². The number of aromatic amines is 1. The molecule has 0 unspecified atom stereocenters. The van der Waals surface area contributed by atoms with Crippen molar-refractivity contribution in [1.29, 1.82) is 0 Å². The van der Waals surface area contributed by atoms with Gasteiger partial charge in [-0.1, -0.05) is 17.8 Å². The van der Waals surface area contributed by atoms with Crippen LogP contribution in [0.5, 0.6) is 0 Å². The maximum Gasteiger partial charge on any atom is 0.278 e. The minimum atomic E-state index is -0.419. The van der Waals surface area contributed by atoms with Crippen molar-refractivity contribution in [2.45, 2.75) is 12.1 Å². The first-order chi connectivity index (χ1) is 11.4. The molecule has 2 aromatic heterocycles. The lowest BCUT2D eigenvalue weighted by Gasteiger charge is -2.08. The van der Waals surface area contributed by atoms with E-state index >= 15 is 0 Å². The van der Waals surface area contributed by atoms with E-state index in [4.69, 9.17) is 0 Å². The normalized spacial score (nSPS) is 11.0. The predicted octanol–water partition coefficient (Wildman–Crippen LogP) is 2.44. The molecule has 0 saturated heterocycles. The summed E-state index contributed by atoms with van der Waals surface area (Å²) in [6.07, 6.45) is 0. The summed E-state index contributed by atoms with van der Waals surface area (Å²) < 4.78 is 14.5. The van der Waals surface area contributed by atoms with Crippen LogP contribution in [0.3, 0.4) is 0 Å². The number of rotatable bonds is 4. The van der Waals surface area contributed by atoms with Crippen LogP contribution >= 0.6 is 11.8 Å². The Hall–Kier alpha value is -2.61. The number of aryl methyl sites for hydroxylation is 1. The largest absolute Gasteiger partial charge is 0.353 e. The van der Waals surface area contributed by atoms with E-state index in [1.807, 2.05) is 6.92 Å². The van der Waals surface area contributed by atoms with Crippen molar-refractivity contribution >= 4 is 34.4 Å². The third-order valence-corrected chi connectivity index (χ3v) is 4.42. The number of thioether (sulfide) groups is 1. The summed E-state index contributed by atoms with van der Waals surface area (Å²) >= 11 is 1.15. The van der Waals surface area contributed by atoms with Gasteiger partial charge in [-0.3, -0.25) is 14.2 Å². The van der Waals surface area contributed by atoms with Crippen LogP contribution in [0.25, 0.3) is 11.0 Å². The first kappa shape index (κ1) is 16.3. The number of benzene rings is 1.